The Bertz CT molecular complexity index is 687. The van der Waals surface area contributed by atoms with E-state index in [-0.39, 0.29) is 17.9 Å². The van der Waals surface area contributed by atoms with E-state index in [4.69, 9.17) is 5.11 Å². The second-order valence-electron chi connectivity index (χ2n) is 4.67. The topological polar surface area (TPSA) is 115 Å². The summed E-state index contributed by atoms with van der Waals surface area (Å²) in [4.78, 5) is 22.7. The van der Waals surface area contributed by atoms with Gasteiger partial charge in [-0.3, -0.25) is 9.89 Å². The molecule has 0 aliphatic rings. The first-order chi connectivity index (χ1) is 9.88. The molecule has 0 aliphatic carbocycles. The fourth-order valence-electron chi connectivity index (χ4n) is 1.99. The number of carboxylic acid groups (broad SMARTS) is 1. The monoisotopic (exact) mass is 289 g/mol. The quantitative estimate of drug-likeness (QED) is 0.682. The number of aromatic hydroxyl groups is 1. The number of aromatic carboxylic acids is 1. The van der Waals surface area contributed by atoms with Crippen LogP contribution in [0.5, 0.6) is 5.75 Å². The number of carbonyl (C=O) groups is 2. The number of nitrogens with zero attached hydrogens (tertiary/aromatic N) is 1. The zero-order valence-electron chi connectivity index (χ0n) is 11.6. The van der Waals surface area contributed by atoms with E-state index >= 15 is 0 Å². The maximum absolute atomic E-state index is 12.0. The molecule has 0 radical (unpaired) electrons. The molecule has 110 valence electrons. The summed E-state index contributed by atoms with van der Waals surface area (Å²) in [5, 5.41) is 27.8. The number of aromatic amines is 1. The van der Waals surface area contributed by atoms with Crippen molar-refractivity contribution in [2.45, 2.75) is 20.3 Å². The Hall–Kier alpha value is -2.83. The standard InChI is InChI=1S/C14H15N3O4/c1-7-11(8(2)17-16-7)6-13(19)15-9-3-4-10(14(20)21)12(18)5-9/h3-5,18H,6H2,1-2H3,(H,15,19)(H,16,17)(H,20,21). The molecule has 0 unspecified atom stereocenters. The highest BCUT2D eigenvalue weighted by atomic mass is 16.4. The smallest absolute Gasteiger partial charge is 0.339 e. The molecule has 0 fully saturated rings. The first kappa shape index (κ1) is 14.6. The third-order valence-corrected chi connectivity index (χ3v) is 3.13. The molecular weight excluding hydrogens is 274 g/mol. The van der Waals surface area contributed by atoms with E-state index in [9.17, 15) is 14.7 Å². The lowest BCUT2D eigenvalue weighted by molar-refractivity contribution is -0.115. The third kappa shape index (κ3) is 3.19. The molecule has 21 heavy (non-hydrogen) atoms. The van der Waals surface area contributed by atoms with Crippen LogP contribution in [0.25, 0.3) is 0 Å². The van der Waals surface area contributed by atoms with Gasteiger partial charge in [-0.2, -0.15) is 5.10 Å². The Morgan fingerprint density at radius 3 is 2.57 bits per heavy atom. The Morgan fingerprint density at radius 2 is 2.05 bits per heavy atom. The van der Waals surface area contributed by atoms with Crippen LogP contribution in [0.2, 0.25) is 0 Å². The van der Waals surface area contributed by atoms with Crippen molar-refractivity contribution < 1.29 is 19.8 Å². The van der Waals surface area contributed by atoms with Crippen LogP contribution in [-0.2, 0) is 11.2 Å². The summed E-state index contributed by atoms with van der Waals surface area (Å²) < 4.78 is 0. The van der Waals surface area contributed by atoms with Gasteiger partial charge in [0, 0.05) is 23.0 Å². The highest BCUT2D eigenvalue weighted by molar-refractivity contribution is 5.95. The van der Waals surface area contributed by atoms with Gasteiger partial charge in [0.2, 0.25) is 5.91 Å². The van der Waals surface area contributed by atoms with Crippen molar-refractivity contribution >= 4 is 17.6 Å². The van der Waals surface area contributed by atoms with Gasteiger partial charge in [-0.1, -0.05) is 0 Å². The zero-order valence-corrected chi connectivity index (χ0v) is 11.6. The maximum atomic E-state index is 12.0. The van der Waals surface area contributed by atoms with Gasteiger partial charge in [-0.25, -0.2) is 4.79 Å². The van der Waals surface area contributed by atoms with Crippen LogP contribution in [0.4, 0.5) is 5.69 Å². The minimum Gasteiger partial charge on any atom is -0.507 e. The summed E-state index contributed by atoms with van der Waals surface area (Å²) in [6, 6.07) is 3.87. The number of benzene rings is 1. The lowest BCUT2D eigenvalue weighted by atomic mass is 10.1. The number of phenols is 1. The minimum atomic E-state index is -1.23. The fourth-order valence-corrected chi connectivity index (χ4v) is 1.99. The number of aromatic nitrogens is 2. The van der Waals surface area contributed by atoms with Crippen LogP contribution < -0.4 is 5.32 Å². The molecule has 7 heteroatoms. The van der Waals surface area contributed by atoms with Gasteiger partial charge in [0.1, 0.15) is 11.3 Å². The van der Waals surface area contributed by atoms with Crippen LogP contribution in [0.3, 0.4) is 0 Å². The first-order valence-corrected chi connectivity index (χ1v) is 6.25. The van der Waals surface area contributed by atoms with Gasteiger partial charge in [0.25, 0.3) is 0 Å². The first-order valence-electron chi connectivity index (χ1n) is 6.25. The molecule has 1 aromatic heterocycles. The number of nitrogens with one attached hydrogen (secondary N) is 2. The van der Waals surface area contributed by atoms with Gasteiger partial charge >= 0.3 is 5.97 Å². The average Bonchev–Trinajstić information content (AvgIpc) is 2.70. The van der Waals surface area contributed by atoms with Gasteiger partial charge in [-0.05, 0) is 26.0 Å². The Labute approximate surface area is 120 Å². The largest absolute Gasteiger partial charge is 0.507 e. The van der Waals surface area contributed by atoms with Crippen LogP contribution in [0.15, 0.2) is 18.2 Å². The molecule has 2 rings (SSSR count). The molecule has 2 aromatic rings. The molecule has 1 aromatic carbocycles. The van der Waals surface area contributed by atoms with E-state index in [1.165, 1.54) is 18.2 Å². The number of carboxylic acids is 1. The van der Waals surface area contributed by atoms with Crippen LogP contribution in [-0.4, -0.2) is 32.3 Å². The second kappa shape index (κ2) is 5.66. The summed E-state index contributed by atoms with van der Waals surface area (Å²) in [5.41, 5.74) is 2.52. The summed E-state index contributed by atoms with van der Waals surface area (Å²) in [6.07, 6.45) is 0.148. The van der Waals surface area contributed by atoms with Crippen molar-refractivity contribution in [2.24, 2.45) is 0 Å². The van der Waals surface area contributed by atoms with Crippen LogP contribution in [0.1, 0.15) is 27.3 Å². The highest BCUT2D eigenvalue weighted by Crippen LogP contribution is 2.22. The summed E-state index contributed by atoms with van der Waals surface area (Å²) in [7, 11) is 0. The van der Waals surface area contributed by atoms with E-state index in [0.717, 1.165) is 17.0 Å². The number of hydrogen-bond acceptors (Lipinski definition) is 4. The highest BCUT2D eigenvalue weighted by Gasteiger charge is 2.13. The SMILES string of the molecule is Cc1n[nH]c(C)c1CC(=O)Nc1ccc(C(=O)O)c(O)c1. The van der Waals surface area contributed by atoms with Crippen molar-refractivity contribution in [1.29, 1.82) is 0 Å². The molecule has 0 saturated carbocycles. The maximum Gasteiger partial charge on any atom is 0.339 e. The van der Waals surface area contributed by atoms with Gasteiger partial charge in [0.15, 0.2) is 0 Å². The van der Waals surface area contributed by atoms with E-state index in [1.807, 2.05) is 6.92 Å². The second-order valence-corrected chi connectivity index (χ2v) is 4.67. The number of aryl methyl sites for hydroxylation is 2. The number of amides is 1. The van der Waals surface area contributed by atoms with Crippen molar-refractivity contribution in [3.63, 3.8) is 0 Å². The lowest BCUT2D eigenvalue weighted by Crippen LogP contribution is -2.15. The Kier molecular flexibility index (Phi) is 3.93. The number of anilines is 1. The molecule has 1 amide bonds. The van der Waals surface area contributed by atoms with E-state index in [1.54, 1.807) is 6.92 Å². The van der Waals surface area contributed by atoms with Crippen LogP contribution in [0, 0.1) is 13.8 Å². The fraction of sp³-hybridized carbons (Fsp3) is 0.214. The molecule has 0 spiro atoms. The van der Waals surface area contributed by atoms with E-state index in [0.29, 0.717) is 5.69 Å². The normalized spacial score (nSPS) is 10.4. The predicted molar refractivity (Wildman–Crippen MR) is 75.5 cm³/mol. The van der Waals surface area contributed by atoms with Crippen molar-refractivity contribution in [2.75, 3.05) is 5.32 Å². The van der Waals surface area contributed by atoms with Crippen molar-refractivity contribution in [3.8, 4) is 5.75 Å². The minimum absolute atomic E-state index is 0.148. The average molecular weight is 289 g/mol. The number of hydrogen-bond donors (Lipinski definition) is 4. The Morgan fingerprint density at radius 1 is 1.33 bits per heavy atom. The zero-order chi connectivity index (χ0) is 15.6. The van der Waals surface area contributed by atoms with Gasteiger partial charge in [0.05, 0.1) is 12.1 Å². The molecule has 0 atom stereocenters. The summed E-state index contributed by atoms with van der Waals surface area (Å²) in [5.74, 6) is -1.89. The van der Waals surface area contributed by atoms with Gasteiger partial charge in [-0.15, -0.1) is 0 Å². The Balaban J connectivity index is 2.10. The van der Waals surface area contributed by atoms with Gasteiger partial charge < -0.3 is 15.5 Å². The molecule has 1 heterocycles. The molecule has 4 N–H and O–H groups in total. The molecular formula is C14H15N3O4. The molecule has 0 aliphatic heterocycles. The molecule has 7 nitrogen and oxygen atoms in total. The number of rotatable bonds is 4. The summed E-state index contributed by atoms with van der Waals surface area (Å²) in [6.45, 7) is 3.63. The van der Waals surface area contributed by atoms with Crippen molar-refractivity contribution in [1.82, 2.24) is 10.2 Å². The molecule has 0 saturated heterocycles. The number of carbonyl (C=O) groups excluding carboxylic acids is 1. The van der Waals surface area contributed by atoms with Crippen molar-refractivity contribution in [3.05, 3.63) is 40.7 Å². The predicted octanol–water partition coefficient (Wildman–Crippen LogP) is 1.61. The third-order valence-electron chi connectivity index (χ3n) is 3.13. The summed E-state index contributed by atoms with van der Waals surface area (Å²) >= 11 is 0. The molecule has 0 bridgehead atoms. The van der Waals surface area contributed by atoms with E-state index < -0.39 is 11.7 Å². The number of H-pyrrole nitrogens is 1. The van der Waals surface area contributed by atoms with Crippen LogP contribution >= 0.6 is 0 Å². The lowest BCUT2D eigenvalue weighted by Gasteiger charge is -2.07. The van der Waals surface area contributed by atoms with E-state index in [2.05, 4.69) is 15.5 Å².